The number of aryl methyl sites for hydroxylation is 1. The van der Waals surface area contributed by atoms with Gasteiger partial charge in [0, 0.05) is 41.4 Å². The molecule has 0 bridgehead atoms. The summed E-state index contributed by atoms with van der Waals surface area (Å²) in [6.07, 6.45) is 11.1. The minimum absolute atomic E-state index is 0.0664. The second-order valence-corrected chi connectivity index (χ2v) is 11.0. The Bertz CT molecular complexity index is 1880. The molecule has 10 nitrogen and oxygen atoms in total. The first kappa shape index (κ1) is 22.9. The minimum atomic E-state index is -3.18. The van der Waals surface area contributed by atoms with E-state index < -0.39 is 15.7 Å². The number of aromatic amines is 2. The monoisotopic (exact) mass is 514 g/mol. The molecule has 0 fully saturated rings. The van der Waals surface area contributed by atoms with Gasteiger partial charge in [0.25, 0.3) is 0 Å². The summed E-state index contributed by atoms with van der Waals surface area (Å²) in [5.41, 5.74) is 5.77. The fourth-order valence-electron chi connectivity index (χ4n) is 4.20. The zero-order valence-electron chi connectivity index (χ0n) is 19.5. The Morgan fingerprint density at radius 3 is 2.57 bits per heavy atom. The standard InChI is InChI=1S/C25H19FN8O2S/c1-37(35,36)3-2-14-4-15(6-17(26)5-14)19-10-27-11-22-23(19)32-25(31-22)24-18-7-20(16-8-28-13-29-9-16)30-12-21(18)33-34-24/h4-13H,2-3H2,1H3,(H,31,32)(H,33,34). The van der Waals surface area contributed by atoms with E-state index in [-0.39, 0.29) is 12.2 Å². The predicted molar refractivity (Wildman–Crippen MR) is 137 cm³/mol. The average Bonchev–Trinajstić information content (AvgIpc) is 3.51. The Morgan fingerprint density at radius 2 is 1.76 bits per heavy atom. The highest BCUT2D eigenvalue weighted by atomic mass is 32.2. The van der Waals surface area contributed by atoms with E-state index in [9.17, 15) is 12.8 Å². The predicted octanol–water partition coefficient (Wildman–Crippen LogP) is 3.75. The van der Waals surface area contributed by atoms with Gasteiger partial charge in [-0.1, -0.05) is 6.07 Å². The first-order chi connectivity index (χ1) is 17.8. The maximum atomic E-state index is 14.5. The van der Waals surface area contributed by atoms with Crippen LogP contribution in [0.1, 0.15) is 5.56 Å². The minimum Gasteiger partial charge on any atom is -0.335 e. The highest BCUT2D eigenvalue weighted by Crippen LogP contribution is 2.32. The lowest BCUT2D eigenvalue weighted by molar-refractivity contribution is 0.600. The number of aromatic nitrogens is 8. The van der Waals surface area contributed by atoms with E-state index >= 15 is 0 Å². The third kappa shape index (κ3) is 4.54. The van der Waals surface area contributed by atoms with Crippen molar-refractivity contribution in [2.45, 2.75) is 6.42 Å². The Kier molecular flexibility index (Phi) is 5.45. The van der Waals surface area contributed by atoms with Crippen LogP contribution in [0.25, 0.3) is 55.8 Å². The number of benzene rings is 1. The zero-order valence-corrected chi connectivity index (χ0v) is 20.3. The third-order valence-corrected chi connectivity index (χ3v) is 6.90. The molecule has 0 saturated carbocycles. The van der Waals surface area contributed by atoms with Gasteiger partial charge in [0.1, 0.15) is 27.7 Å². The normalized spacial score (nSPS) is 11.9. The van der Waals surface area contributed by atoms with Gasteiger partial charge >= 0.3 is 0 Å². The topological polar surface area (TPSA) is 143 Å². The number of imidazole rings is 1. The van der Waals surface area contributed by atoms with E-state index in [0.717, 1.165) is 22.7 Å². The molecule has 0 amide bonds. The van der Waals surface area contributed by atoms with Crippen LogP contribution in [0.15, 0.2) is 61.6 Å². The van der Waals surface area contributed by atoms with E-state index in [1.54, 1.807) is 37.1 Å². The third-order valence-electron chi connectivity index (χ3n) is 5.95. The van der Waals surface area contributed by atoms with Crippen LogP contribution in [0.5, 0.6) is 0 Å². The van der Waals surface area contributed by atoms with Crippen molar-refractivity contribution in [3.8, 4) is 33.9 Å². The molecular formula is C25H19FN8O2S. The molecule has 184 valence electrons. The summed E-state index contributed by atoms with van der Waals surface area (Å²) in [7, 11) is -3.18. The molecule has 0 unspecified atom stereocenters. The maximum Gasteiger partial charge on any atom is 0.159 e. The fourth-order valence-corrected chi connectivity index (χ4v) is 4.80. The van der Waals surface area contributed by atoms with Crippen molar-refractivity contribution in [1.29, 1.82) is 0 Å². The molecule has 0 aliphatic heterocycles. The molecule has 6 rings (SSSR count). The largest absolute Gasteiger partial charge is 0.335 e. The number of pyridine rings is 2. The van der Waals surface area contributed by atoms with E-state index in [4.69, 9.17) is 4.98 Å². The van der Waals surface area contributed by atoms with Crippen molar-refractivity contribution < 1.29 is 12.8 Å². The van der Waals surface area contributed by atoms with Gasteiger partial charge in [-0.15, -0.1) is 0 Å². The van der Waals surface area contributed by atoms with E-state index in [2.05, 4.69) is 35.1 Å². The molecule has 1 aromatic carbocycles. The highest BCUT2D eigenvalue weighted by molar-refractivity contribution is 7.90. The molecular weight excluding hydrogens is 495 g/mol. The Morgan fingerprint density at radius 1 is 0.919 bits per heavy atom. The number of fused-ring (bicyclic) bond motifs is 2. The molecule has 0 aliphatic rings. The van der Waals surface area contributed by atoms with Gasteiger partial charge in [-0.2, -0.15) is 5.10 Å². The smallest absolute Gasteiger partial charge is 0.159 e. The van der Waals surface area contributed by atoms with Crippen LogP contribution in [0.4, 0.5) is 4.39 Å². The van der Waals surface area contributed by atoms with Crippen LogP contribution in [-0.4, -0.2) is 60.5 Å². The lowest BCUT2D eigenvalue weighted by Crippen LogP contribution is -2.06. The summed E-state index contributed by atoms with van der Waals surface area (Å²) >= 11 is 0. The van der Waals surface area contributed by atoms with Crippen molar-refractivity contribution in [3.05, 3.63) is 73.0 Å². The molecule has 2 N–H and O–H groups in total. The van der Waals surface area contributed by atoms with Gasteiger partial charge < -0.3 is 4.98 Å². The molecule has 0 saturated heterocycles. The van der Waals surface area contributed by atoms with Crippen molar-refractivity contribution >= 4 is 31.8 Å². The first-order valence-electron chi connectivity index (χ1n) is 11.3. The highest BCUT2D eigenvalue weighted by Gasteiger charge is 2.17. The summed E-state index contributed by atoms with van der Waals surface area (Å²) in [5, 5.41) is 8.23. The number of nitrogens with one attached hydrogen (secondary N) is 2. The molecule has 12 heteroatoms. The molecule has 6 aromatic rings. The van der Waals surface area contributed by atoms with Crippen LogP contribution in [0.3, 0.4) is 0 Å². The van der Waals surface area contributed by atoms with Crippen LogP contribution in [-0.2, 0) is 16.3 Å². The summed E-state index contributed by atoms with van der Waals surface area (Å²) in [4.78, 5) is 24.9. The average molecular weight is 515 g/mol. The molecule has 37 heavy (non-hydrogen) atoms. The molecule has 0 radical (unpaired) electrons. The van der Waals surface area contributed by atoms with Gasteiger partial charge in [-0.25, -0.2) is 27.8 Å². The summed E-state index contributed by atoms with van der Waals surface area (Å²) in [6.45, 7) is 0. The van der Waals surface area contributed by atoms with E-state index in [1.807, 2.05) is 6.07 Å². The number of hydrogen-bond acceptors (Lipinski definition) is 8. The van der Waals surface area contributed by atoms with Gasteiger partial charge in [0.15, 0.2) is 5.82 Å². The van der Waals surface area contributed by atoms with Crippen molar-refractivity contribution in [1.82, 2.24) is 40.1 Å². The number of sulfone groups is 1. The Hall–Kier alpha value is -4.58. The molecule has 0 spiro atoms. The van der Waals surface area contributed by atoms with Gasteiger partial charge in [0.2, 0.25) is 0 Å². The SMILES string of the molecule is CS(=O)(=O)CCc1cc(F)cc(-c2cncc3[nH]c(-c4n[nH]c5cnc(-c6cncnc6)cc45)nc23)c1. The van der Waals surface area contributed by atoms with Crippen LogP contribution in [0, 0.1) is 5.82 Å². The van der Waals surface area contributed by atoms with E-state index in [0.29, 0.717) is 44.9 Å². The quantitative estimate of drug-likeness (QED) is 0.342. The molecule has 0 atom stereocenters. The van der Waals surface area contributed by atoms with Gasteiger partial charge in [-0.05, 0) is 35.7 Å². The number of H-pyrrole nitrogens is 2. The van der Waals surface area contributed by atoms with Crippen molar-refractivity contribution in [2.75, 3.05) is 12.0 Å². The van der Waals surface area contributed by atoms with E-state index in [1.165, 1.54) is 18.5 Å². The molecule has 5 heterocycles. The first-order valence-corrected chi connectivity index (χ1v) is 13.3. The Labute approximate surface area is 210 Å². The van der Waals surface area contributed by atoms with Crippen molar-refractivity contribution in [3.63, 3.8) is 0 Å². The second kappa shape index (κ2) is 8.82. The number of halogens is 1. The number of hydrogen-bond donors (Lipinski definition) is 2. The lowest BCUT2D eigenvalue weighted by Gasteiger charge is -2.07. The van der Waals surface area contributed by atoms with Crippen LogP contribution < -0.4 is 0 Å². The molecule has 0 aliphatic carbocycles. The van der Waals surface area contributed by atoms with Crippen LogP contribution in [0.2, 0.25) is 0 Å². The van der Waals surface area contributed by atoms with Gasteiger partial charge in [0.05, 0.1) is 40.4 Å². The summed E-state index contributed by atoms with van der Waals surface area (Å²) in [5.74, 6) is -0.0223. The summed E-state index contributed by atoms with van der Waals surface area (Å²) < 4.78 is 37.7. The second-order valence-electron chi connectivity index (χ2n) is 8.71. The van der Waals surface area contributed by atoms with Crippen LogP contribution >= 0.6 is 0 Å². The Balaban J connectivity index is 1.44. The zero-order chi connectivity index (χ0) is 25.6. The fraction of sp³-hybridized carbons (Fsp3) is 0.120. The molecule has 5 aromatic heterocycles. The summed E-state index contributed by atoms with van der Waals surface area (Å²) in [6, 6.07) is 6.39. The number of rotatable bonds is 6. The van der Waals surface area contributed by atoms with Crippen molar-refractivity contribution in [2.24, 2.45) is 0 Å². The number of nitrogens with zero attached hydrogens (tertiary/aromatic N) is 6. The lowest BCUT2D eigenvalue weighted by atomic mass is 10.0. The van der Waals surface area contributed by atoms with Gasteiger partial charge in [-0.3, -0.25) is 15.1 Å². The maximum absolute atomic E-state index is 14.5.